The van der Waals surface area contributed by atoms with Crippen LogP contribution in [-0.2, 0) is 20.0 Å². The lowest BCUT2D eigenvalue weighted by Crippen LogP contribution is -1.98. The van der Waals surface area contributed by atoms with Gasteiger partial charge in [-0.3, -0.25) is 0 Å². The van der Waals surface area contributed by atoms with Crippen molar-refractivity contribution in [1.29, 1.82) is 0 Å². The molecule has 0 saturated heterocycles. The van der Waals surface area contributed by atoms with Crippen molar-refractivity contribution in [3.63, 3.8) is 0 Å². The fourth-order valence-corrected chi connectivity index (χ4v) is 1.77. The van der Waals surface area contributed by atoms with Gasteiger partial charge in [-0.25, -0.2) is 0 Å². The molecule has 0 aliphatic rings. The van der Waals surface area contributed by atoms with Crippen molar-refractivity contribution in [2.24, 2.45) is 7.05 Å². The predicted octanol–water partition coefficient (Wildman–Crippen LogP) is 3.20. The van der Waals surface area contributed by atoms with E-state index < -0.39 is 0 Å². The number of anilines is 1. The maximum Gasteiger partial charge on any atom is 0.0415 e. The second-order valence-electron chi connectivity index (χ2n) is 4.09. The summed E-state index contributed by atoms with van der Waals surface area (Å²) in [4.78, 5) is 0. The number of hydrogen-bond acceptors (Lipinski definition) is 1. The standard InChI is InChI=1S/C14H18N2/c1-3-12-5-4-6-14(9-12)15-10-13-7-8-16(2)11-13/h4-9,11,15H,3,10H2,1-2H3. The van der Waals surface area contributed by atoms with Gasteiger partial charge in [-0.05, 0) is 35.7 Å². The van der Waals surface area contributed by atoms with Gasteiger partial charge in [0.25, 0.3) is 0 Å². The van der Waals surface area contributed by atoms with Gasteiger partial charge < -0.3 is 9.88 Å². The van der Waals surface area contributed by atoms with Gasteiger partial charge in [-0.15, -0.1) is 0 Å². The van der Waals surface area contributed by atoms with Gasteiger partial charge in [0.05, 0.1) is 0 Å². The third-order valence-electron chi connectivity index (χ3n) is 2.73. The average Bonchev–Trinajstić information content (AvgIpc) is 2.73. The number of benzene rings is 1. The Morgan fingerprint density at radius 1 is 1.19 bits per heavy atom. The zero-order chi connectivity index (χ0) is 11.4. The van der Waals surface area contributed by atoms with E-state index in [9.17, 15) is 0 Å². The second-order valence-corrected chi connectivity index (χ2v) is 4.09. The first-order chi connectivity index (χ1) is 7.78. The Balaban J connectivity index is 1.99. The number of rotatable bonds is 4. The molecule has 0 saturated carbocycles. The number of nitrogens with one attached hydrogen (secondary N) is 1. The van der Waals surface area contributed by atoms with E-state index in [-0.39, 0.29) is 0 Å². The Morgan fingerprint density at radius 3 is 2.75 bits per heavy atom. The molecule has 1 N–H and O–H groups in total. The summed E-state index contributed by atoms with van der Waals surface area (Å²) < 4.78 is 2.07. The first-order valence-electron chi connectivity index (χ1n) is 5.71. The minimum atomic E-state index is 0.883. The molecule has 0 aliphatic heterocycles. The second kappa shape index (κ2) is 4.88. The number of hydrogen-bond donors (Lipinski definition) is 1. The summed E-state index contributed by atoms with van der Waals surface area (Å²) in [5.74, 6) is 0. The molecular weight excluding hydrogens is 196 g/mol. The van der Waals surface area contributed by atoms with E-state index in [1.165, 1.54) is 16.8 Å². The van der Waals surface area contributed by atoms with Crippen molar-refractivity contribution < 1.29 is 0 Å². The first kappa shape index (κ1) is 10.8. The summed E-state index contributed by atoms with van der Waals surface area (Å²) in [5, 5.41) is 3.44. The molecule has 2 nitrogen and oxygen atoms in total. The topological polar surface area (TPSA) is 17.0 Å². The van der Waals surface area contributed by atoms with E-state index in [1.807, 2.05) is 7.05 Å². The third-order valence-corrected chi connectivity index (χ3v) is 2.73. The van der Waals surface area contributed by atoms with Gasteiger partial charge in [0.2, 0.25) is 0 Å². The Hall–Kier alpha value is -1.70. The average molecular weight is 214 g/mol. The zero-order valence-electron chi connectivity index (χ0n) is 9.90. The molecule has 84 valence electrons. The van der Waals surface area contributed by atoms with Crippen LogP contribution < -0.4 is 5.32 Å². The molecule has 2 heteroatoms. The zero-order valence-corrected chi connectivity index (χ0v) is 9.90. The lowest BCUT2D eigenvalue weighted by Gasteiger charge is -2.06. The van der Waals surface area contributed by atoms with E-state index in [1.54, 1.807) is 0 Å². The SMILES string of the molecule is CCc1cccc(NCc2ccn(C)c2)c1. The predicted molar refractivity (Wildman–Crippen MR) is 68.6 cm³/mol. The van der Waals surface area contributed by atoms with Crippen LogP contribution in [0.3, 0.4) is 0 Å². The van der Waals surface area contributed by atoms with Gasteiger partial charge in [-0.1, -0.05) is 19.1 Å². The highest BCUT2D eigenvalue weighted by Crippen LogP contribution is 2.12. The third kappa shape index (κ3) is 2.66. The highest BCUT2D eigenvalue weighted by atomic mass is 14.9. The van der Waals surface area contributed by atoms with Crippen LogP contribution in [0.15, 0.2) is 42.7 Å². The van der Waals surface area contributed by atoms with Crippen LogP contribution in [0.2, 0.25) is 0 Å². The monoisotopic (exact) mass is 214 g/mol. The van der Waals surface area contributed by atoms with Gasteiger partial charge in [0.1, 0.15) is 0 Å². The molecule has 16 heavy (non-hydrogen) atoms. The van der Waals surface area contributed by atoms with Gasteiger partial charge in [-0.2, -0.15) is 0 Å². The summed E-state index contributed by atoms with van der Waals surface area (Å²) in [7, 11) is 2.04. The molecule has 0 aliphatic carbocycles. The largest absolute Gasteiger partial charge is 0.381 e. The first-order valence-corrected chi connectivity index (χ1v) is 5.71. The van der Waals surface area contributed by atoms with E-state index in [4.69, 9.17) is 0 Å². The van der Waals surface area contributed by atoms with Crippen molar-refractivity contribution in [2.75, 3.05) is 5.32 Å². The molecule has 0 atom stereocenters. The molecule has 0 fully saturated rings. The van der Waals surface area contributed by atoms with Crippen LogP contribution in [0.1, 0.15) is 18.1 Å². The fraction of sp³-hybridized carbons (Fsp3) is 0.286. The minimum Gasteiger partial charge on any atom is -0.381 e. The van der Waals surface area contributed by atoms with E-state index in [0.717, 1.165) is 13.0 Å². The highest BCUT2D eigenvalue weighted by Gasteiger charge is 1.96. The molecule has 0 unspecified atom stereocenters. The molecule has 1 aromatic heterocycles. The lowest BCUT2D eigenvalue weighted by molar-refractivity contribution is 0.920. The summed E-state index contributed by atoms with van der Waals surface area (Å²) in [6.07, 6.45) is 5.29. The van der Waals surface area contributed by atoms with Gasteiger partial charge in [0, 0.05) is 31.7 Å². The molecule has 1 aromatic carbocycles. The molecule has 0 bridgehead atoms. The van der Waals surface area contributed by atoms with Crippen molar-refractivity contribution in [3.05, 3.63) is 53.9 Å². The summed E-state index contributed by atoms with van der Waals surface area (Å²) >= 11 is 0. The Labute approximate surface area is 96.9 Å². The Morgan fingerprint density at radius 2 is 2.06 bits per heavy atom. The van der Waals surface area contributed by atoms with E-state index in [0.29, 0.717) is 0 Å². The Kier molecular flexibility index (Phi) is 3.30. The Bertz CT molecular complexity index is 457. The smallest absolute Gasteiger partial charge is 0.0415 e. The van der Waals surface area contributed by atoms with Crippen molar-refractivity contribution >= 4 is 5.69 Å². The highest BCUT2D eigenvalue weighted by molar-refractivity contribution is 5.46. The molecule has 1 heterocycles. The van der Waals surface area contributed by atoms with Crippen LogP contribution in [0.5, 0.6) is 0 Å². The number of nitrogens with zero attached hydrogens (tertiary/aromatic N) is 1. The fourth-order valence-electron chi connectivity index (χ4n) is 1.77. The van der Waals surface area contributed by atoms with Crippen LogP contribution in [0.4, 0.5) is 5.69 Å². The normalized spacial score (nSPS) is 10.4. The number of aryl methyl sites for hydroxylation is 2. The summed E-state index contributed by atoms with van der Waals surface area (Å²) in [6, 6.07) is 10.7. The molecule has 0 spiro atoms. The molecular formula is C14H18N2. The molecule has 0 radical (unpaired) electrons. The lowest BCUT2D eigenvalue weighted by atomic mass is 10.1. The van der Waals surface area contributed by atoms with Crippen LogP contribution in [-0.4, -0.2) is 4.57 Å². The van der Waals surface area contributed by atoms with E-state index in [2.05, 4.69) is 59.5 Å². The summed E-state index contributed by atoms with van der Waals surface area (Å²) in [5.41, 5.74) is 3.88. The van der Waals surface area contributed by atoms with Gasteiger partial charge in [0.15, 0.2) is 0 Å². The van der Waals surface area contributed by atoms with Gasteiger partial charge >= 0.3 is 0 Å². The molecule has 0 amide bonds. The van der Waals surface area contributed by atoms with E-state index >= 15 is 0 Å². The van der Waals surface area contributed by atoms with Crippen LogP contribution >= 0.6 is 0 Å². The van der Waals surface area contributed by atoms with Crippen molar-refractivity contribution in [1.82, 2.24) is 4.57 Å². The minimum absolute atomic E-state index is 0.883. The molecule has 2 aromatic rings. The quantitative estimate of drug-likeness (QED) is 0.827. The van der Waals surface area contributed by atoms with Crippen molar-refractivity contribution in [2.45, 2.75) is 19.9 Å². The number of aromatic nitrogens is 1. The maximum atomic E-state index is 3.44. The molecule has 2 rings (SSSR count). The van der Waals surface area contributed by atoms with Crippen LogP contribution in [0.25, 0.3) is 0 Å². The maximum absolute atomic E-state index is 3.44. The van der Waals surface area contributed by atoms with Crippen molar-refractivity contribution in [3.8, 4) is 0 Å². The van der Waals surface area contributed by atoms with Crippen LogP contribution in [0, 0.1) is 0 Å². The summed E-state index contributed by atoms with van der Waals surface area (Å²) in [6.45, 7) is 3.06.